The highest BCUT2D eigenvalue weighted by Gasteiger charge is 2.23. The highest BCUT2D eigenvalue weighted by Crippen LogP contribution is 2.05. The Morgan fingerprint density at radius 3 is 3.00 bits per heavy atom. The van der Waals surface area contributed by atoms with Crippen molar-refractivity contribution in [1.82, 2.24) is 25.2 Å². The second-order valence-corrected chi connectivity index (χ2v) is 4.75. The number of rotatable bonds is 4. The molecule has 1 aliphatic rings. The Hall–Kier alpha value is -1.67. The summed E-state index contributed by atoms with van der Waals surface area (Å²) in [6.45, 7) is 7.04. The maximum atomic E-state index is 12.1. The van der Waals surface area contributed by atoms with Crippen LogP contribution in [0.2, 0.25) is 0 Å². The third kappa shape index (κ3) is 3.45. The van der Waals surface area contributed by atoms with Gasteiger partial charge in [-0.1, -0.05) is 0 Å². The molecular formula is C12H22N6O2. The zero-order valence-corrected chi connectivity index (χ0v) is 12.0. The van der Waals surface area contributed by atoms with E-state index >= 15 is 0 Å². The second kappa shape index (κ2) is 6.67. The van der Waals surface area contributed by atoms with Crippen LogP contribution in [-0.2, 0) is 17.8 Å². The van der Waals surface area contributed by atoms with Crippen molar-refractivity contribution in [1.29, 1.82) is 0 Å². The summed E-state index contributed by atoms with van der Waals surface area (Å²) >= 11 is 0. The zero-order valence-electron chi connectivity index (χ0n) is 12.0. The number of ether oxygens (including phenoxy) is 1. The molecule has 8 nitrogen and oxygen atoms in total. The highest BCUT2D eigenvalue weighted by molar-refractivity contribution is 5.74. The van der Waals surface area contributed by atoms with Crippen molar-refractivity contribution in [3.63, 3.8) is 0 Å². The van der Waals surface area contributed by atoms with Crippen LogP contribution in [0.3, 0.4) is 0 Å². The van der Waals surface area contributed by atoms with Gasteiger partial charge in [0.1, 0.15) is 5.69 Å². The molecular weight excluding hydrogens is 260 g/mol. The molecule has 1 aromatic rings. The number of aromatic nitrogens is 3. The Morgan fingerprint density at radius 2 is 2.35 bits per heavy atom. The van der Waals surface area contributed by atoms with Crippen LogP contribution in [0.1, 0.15) is 18.3 Å². The number of urea groups is 1. The quantitative estimate of drug-likeness (QED) is 0.774. The topological polar surface area (TPSA) is 98.3 Å². The van der Waals surface area contributed by atoms with Gasteiger partial charge in [-0.15, -0.1) is 0 Å². The smallest absolute Gasteiger partial charge is 0.317 e. The number of nitrogens with one attached hydrogen (secondary N) is 1. The third-order valence-electron chi connectivity index (χ3n) is 3.30. The highest BCUT2D eigenvalue weighted by atomic mass is 16.5. The zero-order chi connectivity index (χ0) is 14.5. The first-order chi connectivity index (χ1) is 9.63. The van der Waals surface area contributed by atoms with Crippen LogP contribution >= 0.6 is 0 Å². The van der Waals surface area contributed by atoms with Crippen molar-refractivity contribution in [2.45, 2.75) is 33.0 Å². The molecule has 0 bridgehead atoms. The molecule has 1 unspecified atom stereocenters. The van der Waals surface area contributed by atoms with Gasteiger partial charge in [0.2, 0.25) is 0 Å². The Balaban J connectivity index is 1.86. The number of morpholine rings is 1. The molecule has 20 heavy (non-hydrogen) atoms. The third-order valence-corrected chi connectivity index (χ3v) is 3.30. The van der Waals surface area contributed by atoms with Gasteiger partial charge in [-0.2, -0.15) is 15.0 Å². The van der Waals surface area contributed by atoms with Crippen molar-refractivity contribution >= 4 is 6.03 Å². The number of nitrogens with zero attached hydrogens (tertiary/aromatic N) is 4. The molecule has 2 rings (SSSR count). The molecule has 0 saturated carbocycles. The summed E-state index contributed by atoms with van der Waals surface area (Å²) in [4.78, 5) is 15.4. The molecule has 1 saturated heterocycles. The molecule has 0 aromatic carbocycles. The van der Waals surface area contributed by atoms with Gasteiger partial charge < -0.3 is 20.7 Å². The summed E-state index contributed by atoms with van der Waals surface area (Å²) in [6, 6.07) is -0.114. The van der Waals surface area contributed by atoms with E-state index in [0.29, 0.717) is 32.8 Å². The molecule has 1 atom stereocenters. The molecule has 112 valence electrons. The maximum absolute atomic E-state index is 12.1. The number of carbonyl (C=O) groups excluding carboxylic acids is 1. The van der Waals surface area contributed by atoms with E-state index in [1.807, 2.05) is 13.8 Å². The van der Waals surface area contributed by atoms with Gasteiger partial charge in [0.05, 0.1) is 31.5 Å². The van der Waals surface area contributed by atoms with Gasteiger partial charge in [0.15, 0.2) is 0 Å². The Bertz CT molecular complexity index is 461. The van der Waals surface area contributed by atoms with Crippen LogP contribution < -0.4 is 11.1 Å². The summed E-state index contributed by atoms with van der Waals surface area (Å²) in [5, 5.41) is 11.4. The summed E-state index contributed by atoms with van der Waals surface area (Å²) in [7, 11) is 0. The van der Waals surface area contributed by atoms with E-state index in [4.69, 9.17) is 10.5 Å². The van der Waals surface area contributed by atoms with Crippen molar-refractivity contribution in [3.05, 3.63) is 11.4 Å². The number of hydrogen-bond donors (Lipinski definition) is 2. The summed E-state index contributed by atoms with van der Waals surface area (Å²) in [6.07, 6.45) is -0.0720. The van der Waals surface area contributed by atoms with Gasteiger partial charge in [-0.25, -0.2) is 4.79 Å². The number of amides is 2. The number of hydrogen-bond acceptors (Lipinski definition) is 5. The maximum Gasteiger partial charge on any atom is 0.317 e. The number of nitrogens with two attached hydrogens (primary N) is 1. The molecule has 2 amide bonds. The van der Waals surface area contributed by atoms with Crippen molar-refractivity contribution in [3.8, 4) is 0 Å². The van der Waals surface area contributed by atoms with Crippen LogP contribution in [0.25, 0.3) is 0 Å². The Kier molecular flexibility index (Phi) is 4.91. The molecule has 2 heterocycles. The van der Waals surface area contributed by atoms with E-state index in [0.717, 1.165) is 17.9 Å². The average Bonchev–Trinajstić information content (AvgIpc) is 2.85. The minimum absolute atomic E-state index is 0.0720. The van der Waals surface area contributed by atoms with E-state index < -0.39 is 0 Å². The van der Waals surface area contributed by atoms with Crippen LogP contribution in [0.15, 0.2) is 0 Å². The van der Waals surface area contributed by atoms with Crippen molar-refractivity contribution < 1.29 is 9.53 Å². The fourth-order valence-corrected chi connectivity index (χ4v) is 2.09. The van der Waals surface area contributed by atoms with Crippen LogP contribution in [-0.4, -0.2) is 58.3 Å². The summed E-state index contributed by atoms with van der Waals surface area (Å²) < 4.78 is 5.43. The SMILES string of the molecule is CCn1nc(C)c(CNC(=O)N2CCOC(CN)C2)n1. The first-order valence-electron chi connectivity index (χ1n) is 6.89. The fraction of sp³-hybridized carbons (Fsp3) is 0.750. The predicted molar refractivity (Wildman–Crippen MR) is 73.0 cm³/mol. The molecule has 0 radical (unpaired) electrons. The lowest BCUT2D eigenvalue weighted by atomic mass is 10.3. The fourth-order valence-electron chi connectivity index (χ4n) is 2.09. The number of aryl methyl sites for hydroxylation is 2. The van der Waals surface area contributed by atoms with Gasteiger partial charge in [0, 0.05) is 19.6 Å². The normalized spacial score (nSPS) is 19.1. The van der Waals surface area contributed by atoms with E-state index in [9.17, 15) is 4.79 Å². The van der Waals surface area contributed by atoms with Gasteiger partial charge in [-0.05, 0) is 13.8 Å². The lowest BCUT2D eigenvalue weighted by Crippen LogP contribution is -2.51. The summed E-state index contributed by atoms with van der Waals surface area (Å²) in [5.41, 5.74) is 7.20. The standard InChI is InChI=1S/C12H22N6O2/c1-3-18-15-9(2)11(16-18)7-14-12(19)17-4-5-20-10(6-13)8-17/h10H,3-8,13H2,1-2H3,(H,14,19). The molecule has 1 fully saturated rings. The first kappa shape index (κ1) is 14.7. The van der Waals surface area contributed by atoms with Crippen molar-refractivity contribution in [2.75, 3.05) is 26.2 Å². The number of carbonyl (C=O) groups is 1. The molecule has 1 aliphatic heterocycles. The molecule has 8 heteroatoms. The van der Waals surface area contributed by atoms with Crippen molar-refractivity contribution in [2.24, 2.45) is 5.73 Å². The van der Waals surface area contributed by atoms with Crippen LogP contribution in [0, 0.1) is 6.92 Å². The van der Waals surface area contributed by atoms with Crippen LogP contribution in [0.5, 0.6) is 0 Å². The van der Waals surface area contributed by atoms with E-state index in [-0.39, 0.29) is 12.1 Å². The predicted octanol–water partition coefficient (Wildman–Crippen LogP) is -0.524. The molecule has 0 aliphatic carbocycles. The monoisotopic (exact) mass is 282 g/mol. The average molecular weight is 282 g/mol. The lowest BCUT2D eigenvalue weighted by molar-refractivity contribution is -0.00865. The minimum Gasteiger partial charge on any atom is -0.373 e. The van der Waals surface area contributed by atoms with Gasteiger partial charge in [-0.3, -0.25) is 0 Å². The van der Waals surface area contributed by atoms with E-state index in [1.165, 1.54) is 0 Å². The second-order valence-electron chi connectivity index (χ2n) is 4.75. The minimum atomic E-state index is -0.114. The molecule has 1 aromatic heterocycles. The van der Waals surface area contributed by atoms with E-state index in [2.05, 4.69) is 15.5 Å². The Morgan fingerprint density at radius 1 is 1.55 bits per heavy atom. The van der Waals surface area contributed by atoms with Gasteiger partial charge in [0.25, 0.3) is 0 Å². The van der Waals surface area contributed by atoms with E-state index in [1.54, 1.807) is 9.70 Å². The molecule has 0 spiro atoms. The Labute approximate surface area is 118 Å². The molecule has 3 N–H and O–H groups in total. The van der Waals surface area contributed by atoms with Crippen LogP contribution in [0.4, 0.5) is 4.79 Å². The largest absolute Gasteiger partial charge is 0.373 e. The van der Waals surface area contributed by atoms with Gasteiger partial charge >= 0.3 is 6.03 Å². The summed E-state index contributed by atoms with van der Waals surface area (Å²) in [5.74, 6) is 0. The lowest BCUT2D eigenvalue weighted by Gasteiger charge is -2.32. The first-order valence-corrected chi connectivity index (χ1v) is 6.89.